The largest absolute Gasteiger partial charge is 0.218 e. The van der Waals surface area contributed by atoms with Crippen molar-refractivity contribution in [2.75, 3.05) is 0 Å². The molecule has 5 heteroatoms. The van der Waals surface area contributed by atoms with E-state index in [-0.39, 0.29) is 11.4 Å². The van der Waals surface area contributed by atoms with Crippen LogP contribution in [0.15, 0.2) is 48.5 Å². The van der Waals surface area contributed by atoms with Crippen LogP contribution in [-0.4, -0.2) is 14.8 Å². The number of hydrogen-bond donors (Lipinski definition) is 0. The zero-order valence-corrected chi connectivity index (χ0v) is 11.5. The van der Waals surface area contributed by atoms with E-state index >= 15 is 0 Å². The minimum atomic E-state index is -0.428. The molecule has 0 saturated heterocycles. The molecule has 0 aliphatic rings. The standard InChI is InChI=1S/C15H11ClFN3/c1-10-18-15(14-12(16)8-5-9-13(14)17)19-20(10)11-6-3-2-4-7-11/h2-9H,1H3. The number of nitrogens with zero attached hydrogens (tertiary/aromatic N) is 3. The van der Waals surface area contributed by atoms with Crippen molar-refractivity contribution in [2.24, 2.45) is 0 Å². The maximum Gasteiger partial charge on any atom is 0.186 e. The number of para-hydroxylation sites is 1. The summed E-state index contributed by atoms with van der Waals surface area (Å²) in [6, 6.07) is 14.1. The Balaban J connectivity index is 2.15. The highest BCUT2D eigenvalue weighted by Crippen LogP contribution is 2.28. The van der Waals surface area contributed by atoms with E-state index in [1.54, 1.807) is 16.8 Å². The predicted molar refractivity (Wildman–Crippen MR) is 76.5 cm³/mol. The molecule has 0 bridgehead atoms. The third-order valence-electron chi connectivity index (χ3n) is 2.96. The fraction of sp³-hybridized carbons (Fsp3) is 0.0667. The molecule has 3 nitrogen and oxygen atoms in total. The van der Waals surface area contributed by atoms with Crippen LogP contribution in [0.1, 0.15) is 5.82 Å². The Morgan fingerprint density at radius 1 is 1.05 bits per heavy atom. The topological polar surface area (TPSA) is 30.7 Å². The molecule has 1 aromatic heterocycles. The van der Waals surface area contributed by atoms with Crippen LogP contribution in [0.25, 0.3) is 17.1 Å². The smallest absolute Gasteiger partial charge is 0.186 e. The van der Waals surface area contributed by atoms with Crippen molar-refractivity contribution in [3.8, 4) is 17.1 Å². The summed E-state index contributed by atoms with van der Waals surface area (Å²) in [6.45, 7) is 1.82. The van der Waals surface area contributed by atoms with E-state index < -0.39 is 5.82 Å². The molecule has 0 atom stereocenters. The van der Waals surface area contributed by atoms with Gasteiger partial charge in [0.25, 0.3) is 0 Å². The first kappa shape index (κ1) is 12.8. The van der Waals surface area contributed by atoms with Crippen LogP contribution in [0.5, 0.6) is 0 Å². The fourth-order valence-corrected chi connectivity index (χ4v) is 2.27. The zero-order chi connectivity index (χ0) is 14.1. The SMILES string of the molecule is Cc1nc(-c2c(F)cccc2Cl)nn1-c1ccccc1. The highest BCUT2D eigenvalue weighted by Gasteiger charge is 2.16. The molecule has 0 aliphatic carbocycles. The Morgan fingerprint density at radius 2 is 1.80 bits per heavy atom. The zero-order valence-electron chi connectivity index (χ0n) is 10.7. The summed E-state index contributed by atoms with van der Waals surface area (Å²) in [5.41, 5.74) is 1.10. The molecule has 0 spiro atoms. The summed E-state index contributed by atoms with van der Waals surface area (Å²) < 4.78 is 15.6. The molecule has 3 aromatic rings. The highest BCUT2D eigenvalue weighted by molar-refractivity contribution is 6.33. The van der Waals surface area contributed by atoms with Gasteiger partial charge in [-0.1, -0.05) is 35.9 Å². The third kappa shape index (κ3) is 2.18. The molecule has 1 heterocycles. The minimum absolute atomic E-state index is 0.229. The van der Waals surface area contributed by atoms with Crippen molar-refractivity contribution in [3.63, 3.8) is 0 Å². The number of rotatable bonds is 2. The molecule has 0 unspecified atom stereocenters. The van der Waals surface area contributed by atoms with E-state index in [2.05, 4.69) is 10.1 Å². The molecular formula is C15H11ClFN3. The van der Waals surface area contributed by atoms with Crippen LogP contribution >= 0.6 is 11.6 Å². The average molecular weight is 288 g/mol. The van der Waals surface area contributed by atoms with Crippen molar-refractivity contribution in [3.05, 3.63) is 65.2 Å². The van der Waals surface area contributed by atoms with Gasteiger partial charge in [-0.25, -0.2) is 14.1 Å². The van der Waals surface area contributed by atoms with Gasteiger partial charge in [0.05, 0.1) is 16.3 Å². The van der Waals surface area contributed by atoms with Crippen molar-refractivity contribution < 1.29 is 4.39 Å². The van der Waals surface area contributed by atoms with Gasteiger partial charge in [0.15, 0.2) is 5.82 Å². The third-order valence-corrected chi connectivity index (χ3v) is 3.27. The molecule has 2 aromatic carbocycles. The van der Waals surface area contributed by atoms with Gasteiger partial charge >= 0.3 is 0 Å². The molecule has 20 heavy (non-hydrogen) atoms. The van der Waals surface area contributed by atoms with Crippen molar-refractivity contribution in [1.29, 1.82) is 0 Å². The molecule has 0 fully saturated rings. The van der Waals surface area contributed by atoms with Gasteiger partial charge in [0.1, 0.15) is 11.6 Å². The van der Waals surface area contributed by atoms with E-state index in [1.807, 2.05) is 37.3 Å². The lowest BCUT2D eigenvalue weighted by molar-refractivity contribution is 0.630. The molecule has 0 N–H and O–H groups in total. The number of aromatic nitrogens is 3. The van der Waals surface area contributed by atoms with E-state index in [1.165, 1.54) is 6.07 Å². The Labute approximate surface area is 120 Å². The van der Waals surface area contributed by atoms with E-state index in [0.29, 0.717) is 10.8 Å². The van der Waals surface area contributed by atoms with Gasteiger partial charge in [-0.3, -0.25) is 0 Å². The normalized spacial score (nSPS) is 10.8. The summed E-state index contributed by atoms with van der Waals surface area (Å²) in [4.78, 5) is 4.31. The summed E-state index contributed by atoms with van der Waals surface area (Å²) in [6.07, 6.45) is 0. The first-order valence-electron chi connectivity index (χ1n) is 6.10. The second-order valence-electron chi connectivity index (χ2n) is 4.33. The van der Waals surface area contributed by atoms with Gasteiger partial charge in [0, 0.05) is 0 Å². The molecule has 100 valence electrons. The fourth-order valence-electron chi connectivity index (χ4n) is 2.02. The second kappa shape index (κ2) is 5.06. The summed E-state index contributed by atoms with van der Waals surface area (Å²) >= 11 is 6.04. The molecule has 0 saturated carbocycles. The summed E-state index contributed by atoms with van der Waals surface area (Å²) in [5.74, 6) is 0.530. The van der Waals surface area contributed by atoms with Gasteiger partial charge in [-0.15, -0.1) is 5.10 Å². The lowest BCUT2D eigenvalue weighted by atomic mass is 10.2. The van der Waals surface area contributed by atoms with Crippen LogP contribution in [-0.2, 0) is 0 Å². The number of halogens is 2. The number of benzene rings is 2. The average Bonchev–Trinajstić information content (AvgIpc) is 2.81. The number of aryl methyl sites for hydroxylation is 1. The quantitative estimate of drug-likeness (QED) is 0.712. The van der Waals surface area contributed by atoms with E-state index in [9.17, 15) is 4.39 Å². The Kier molecular flexibility index (Phi) is 3.24. The Bertz CT molecular complexity index is 733. The lowest BCUT2D eigenvalue weighted by Crippen LogP contribution is -1.98. The minimum Gasteiger partial charge on any atom is -0.218 e. The maximum absolute atomic E-state index is 13.9. The van der Waals surface area contributed by atoms with Crippen LogP contribution in [0.4, 0.5) is 4.39 Å². The Morgan fingerprint density at radius 3 is 2.50 bits per heavy atom. The summed E-state index contributed by atoms with van der Waals surface area (Å²) in [7, 11) is 0. The monoisotopic (exact) mass is 287 g/mol. The van der Waals surface area contributed by atoms with Crippen LogP contribution < -0.4 is 0 Å². The lowest BCUT2D eigenvalue weighted by Gasteiger charge is -2.02. The molecule has 0 radical (unpaired) electrons. The number of hydrogen-bond acceptors (Lipinski definition) is 2. The first-order valence-corrected chi connectivity index (χ1v) is 6.48. The van der Waals surface area contributed by atoms with Crippen LogP contribution in [0, 0.1) is 12.7 Å². The van der Waals surface area contributed by atoms with Gasteiger partial charge in [-0.05, 0) is 31.2 Å². The summed E-state index contributed by atoms with van der Waals surface area (Å²) in [5, 5.41) is 4.65. The van der Waals surface area contributed by atoms with E-state index in [0.717, 1.165) is 5.69 Å². The Hall–Kier alpha value is -2.20. The molecule has 3 rings (SSSR count). The van der Waals surface area contributed by atoms with Gasteiger partial charge in [0.2, 0.25) is 0 Å². The first-order chi connectivity index (χ1) is 9.66. The van der Waals surface area contributed by atoms with E-state index in [4.69, 9.17) is 11.6 Å². The van der Waals surface area contributed by atoms with Crippen LogP contribution in [0.2, 0.25) is 5.02 Å². The predicted octanol–water partition coefficient (Wildman–Crippen LogP) is 4.04. The maximum atomic E-state index is 13.9. The van der Waals surface area contributed by atoms with Crippen molar-refractivity contribution in [2.45, 2.75) is 6.92 Å². The van der Waals surface area contributed by atoms with Gasteiger partial charge in [-0.2, -0.15) is 0 Å². The molecule has 0 aliphatic heterocycles. The van der Waals surface area contributed by atoms with Crippen LogP contribution in [0.3, 0.4) is 0 Å². The highest BCUT2D eigenvalue weighted by atomic mass is 35.5. The molecule has 0 amide bonds. The van der Waals surface area contributed by atoms with Crippen molar-refractivity contribution >= 4 is 11.6 Å². The second-order valence-corrected chi connectivity index (χ2v) is 4.73. The van der Waals surface area contributed by atoms with Crippen molar-refractivity contribution in [1.82, 2.24) is 14.8 Å². The van der Waals surface area contributed by atoms with Gasteiger partial charge < -0.3 is 0 Å². The molecular weight excluding hydrogens is 277 g/mol.